The van der Waals surface area contributed by atoms with E-state index in [2.05, 4.69) is 10.1 Å². The molecule has 0 amide bonds. The van der Waals surface area contributed by atoms with Crippen molar-refractivity contribution >= 4 is 15.5 Å². The van der Waals surface area contributed by atoms with Crippen molar-refractivity contribution < 1.29 is 17.3 Å². The van der Waals surface area contributed by atoms with E-state index in [4.69, 9.17) is 10.3 Å². The van der Waals surface area contributed by atoms with E-state index >= 15 is 0 Å². The second-order valence-electron chi connectivity index (χ2n) is 4.76. The number of nitrogen functional groups attached to an aromatic ring is 1. The van der Waals surface area contributed by atoms with E-state index < -0.39 is 15.7 Å². The predicted octanol–water partition coefficient (Wildman–Crippen LogP) is 1.36. The third kappa shape index (κ3) is 2.26. The van der Waals surface area contributed by atoms with Crippen LogP contribution in [0.5, 0.6) is 0 Å². The number of aromatic nitrogens is 2. The number of nitrogens with zero attached hydrogens (tertiary/aromatic N) is 2. The van der Waals surface area contributed by atoms with Crippen LogP contribution < -0.4 is 5.73 Å². The van der Waals surface area contributed by atoms with Crippen LogP contribution in [0.2, 0.25) is 0 Å². The molecule has 0 saturated carbocycles. The average molecular weight is 297 g/mol. The minimum Gasteiger partial charge on any atom is -0.396 e. The van der Waals surface area contributed by atoms with Crippen molar-refractivity contribution in [3.63, 3.8) is 0 Å². The number of benzene rings is 1. The van der Waals surface area contributed by atoms with Gasteiger partial charge in [0.05, 0.1) is 22.8 Å². The van der Waals surface area contributed by atoms with Gasteiger partial charge >= 0.3 is 0 Å². The van der Waals surface area contributed by atoms with Gasteiger partial charge in [0.15, 0.2) is 15.7 Å². The maximum Gasteiger partial charge on any atom is 0.260 e. The minimum atomic E-state index is -3.02. The van der Waals surface area contributed by atoms with Crippen LogP contribution in [0.25, 0.3) is 11.5 Å². The largest absolute Gasteiger partial charge is 0.396 e. The van der Waals surface area contributed by atoms with E-state index in [-0.39, 0.29) is 29.0 Å². The van der Waals surface area contributed by atoms with Gasteiger partial charge in [0.2, 0.25) is 0 Å². The highest BCUT2D eigenvalue weighted by atomic mass is 32.2. The van der Waals surface area contributed by atoms with E-state index in [1.807, 2.05) is 0 Å². The molecule has 1 aromatic heterocycles. The van der Waals surface area contributed by atoms with Gasteiger partial charge in [-0.1, -0.05) is 11.2 Å². The summed E-state index contributed by atoms with van der Waals surface area (Å²) in [5.74, 6) is -0.266. The first-order chi connectivity index (χ1) is 9.46. The topological polar surface area (TPSA) is 99.1 Å². The van der Waals surface area contributed by atoms with Crippen LogP contribution in [-0.4, -0.2) is 30.1 Å². The van der Waals surface area contributed by atoms with Gasteiger partial charge in [-0.2, -0.15) is 4.98 Å². The molecule has 20 heavy (non-hydrogen) atoms. The SMILES string of the molecule is Nc1c(F)cccc1-c1nc(C2CCS(=O)(=O)C2)no1. The molecule has 0 radical (unpaired) electrons. The Morgan fingerprint density at radius 2 is 2.20 bits per heavy atom. The number of anilines is 1. The van der Waals surface area contributed by atoms with Crippen LogP contribution in [-0.2, 0) is 9.84 Å². The number of rotatable bonds is 2. The van der Waals surface area contributed by atoms with E-state index in [1.165, 1.54) is 12.1 Å². The molecule has 2 heterocycles. The van der Waals surface area contributed by atoms with Gasteiger partial charge in [0.25, 0.3) is 5.89 Å². The third-order valence-corrected chi connectivity index (χ3v) is 5.09. The summed E-state index contributed by atoms with van der Waals surface area (Å²) < 4.78 is 41.3. The maximum absolute atomic E-state index is 13.4. The van der Waals surface area contributed by atoms with Gasteiger partial charge in [-0.05, 0) is 18.6 Å². The zero-order valence-electron chi connectivity index (χ0n) is 10.4. The molecule has 0 bridgehead atoms. The van der Waals surface area contributed by atoms with E-state index in [0.29, 0.717) is 17.8 Å². The molecular weight excluding hydrogens is 285 g/mol. The Hall–Kier alpha value is -1.96. The van der Waals surface area contributed by atoms with Crippen LogP contribution in [0.3, 0.4) is 0 Å². The van der Waals surface area contributed by atoms with E-state index in [9.17, 15) is 12.8 Å². The molecule has 8 heteroatoms. The van der Waals surface area contributed by atoms with Crippen LogP contribution in [0, 0.1) is 5.82 Å². The molecule has 6 nitrogen and oxygen atoms in total. The summed E-state index contributed by atoms with van der Waals surface area (Å²) in [5.41, 5.74) is 5.86. The molecule has 0 aliphatic carbocycles. The molecule has 0 spiro atoms. The van der Waals surface area contributed by atoms with Gasteiger partial charge in [-0.3, -0.25) is 0 Å². The normalized spacial score (nSPS) is 21.1. The highest BCUT2D eigenvalue weighted by molar-refractivity contribution is 7.91. The lowest BCUT2D eigenvalue weighted by molar-refractivity contribution is 0.418. The summed E-state index contributed by atoms with van der Waals surface area (Å²) in [4.78, 5) is 4.14. The summed E-state index contributed by atoms with van der Waals surface area (Å²) in [6, 6.07) is 4.30. The number of nitrogens with two attached hydrogens (primary N) is 1. The lowest BCUT2D eigenvalue weighted by Gasteiger charge is -2.01. The summed E-state index contributed by atoms with van der Waals surface area (Å²) in [6.45, 7) is 0. The Bertz CT molecular complexity index is 757. The van der Waals surface area contributed by atoms with Crippen molar-refractivity contribution in [3.05, 3.63) is 29.8 Å². The van der Waals surface area contributed by atoms with E-state index in [0.717, 1.165) is 0 Å². The molecule has 1 atom stereocenters. The maximum atomic E-state index is 13.4. The van der Waals surface area contributed by atoms with Crippen molar-refractivity contribution in [1.82, 2.24) is 10.1 Å². The van der Waals surface area contributed by atoms with Crippen molar-refractivity contribution in [3.8, 4) is 11.5 Å². The fraction of sp³-hybridized carbons (Fsp3) is 0.333. The Morgan fingerprint density at radius 3 is 2.90 bits per heavy atom. The molecule has 1 unspecified atom stereocenters. The number of sulfone groups is 1. The lowest BCUT2D eigenvalue weighted by atomic mass is 10.1. The molecule has 1 aliphatic heterocycles. The molecule has 2 N–H and O–H groups in total. The molecule has 1 fully saturated rings. The lowest BCUT2D eigenvalue weighted by Crippen LogP contribution is -2.05. The van der Waals surface area contributed by atoms with Gasteiger partial charge < -0.3 is 10.3 Å². The van der Waals surface area contributed by atoms with E-state index in [1.54, 1.807) is 6.07 Å². The first kappa shape index (κ1) is 13.0. The van der Waals surface area contributed by atoms with Crippen molar-refractivity contribution in [2.24, 2.45) is 0 Å². The Labute approximate surface area is 114 Å². The van der Waals surface area contributed by atoms with Crippen LogP contribution in [0.4, 0.5) is 10.1 Å². The molecule has 1 aliphatic rings. The molecule has 2 aromatic rings. The Morgan fingerprint density at radius 1 is 1.40 bits per heavy atom. The summed E-state index contributed by atoms with van der Waals surface area (Å²) in [7, 11) is -3.02. The second-order valence-corrected chi connectivity index (χ2v) is 6.99. The quantitative estimate of drug-likeness (QED) is 0.840. The Kier molecular flexibility index (Phi) is 2.97. The molecule has 1 saturated heterocycles. The van der Waals surface area contributed by atoms with Crippen LogP contribution in [0.1, 0.15) is 18.2 Å². The molecule has 106 valence electrons. The van der Waals surface area contributed by atoms with Crippen molar-refractivity contribution in [2.75, 3.05) is 17.2 Å². The highest BCUT2D eigenvalue weighted by Gasteiger charge is 2.32. The number of hydrogen-bond acceptors (Lipinski definition) is 6. The molecule has 1 aromatic carbocycles. The highest BCUT2D eigenvalue weighted by Crippen LogP contribution is 2.31. The fourth-order valence-corrected chi connectivity index (χ4v) is 3.97. The summed E-state index contributed by atoms with van der Waals surface area (Å²) >= 11 is 0. The first-order valence-electron chi connectivity index (χ1n) is 6.05. The number of para-hydroxylation sites is 1. The fourth-order valence-electron chi connectivity index (χ4n) is 2.23. The van der Waals surface area contributed by atoms with Gasteiger partial charge in [-0.25, -0.2) is 12.8 Å². The number of hydrogen-bond donors (Lipinski definition) is 1. The minimum absolute atomic E-state index is 0.0185. The van der Waals surface area contributed by atoms with Gasteiger partial charge in [-0.15, -0.1) is 0 Å². The standard InChI is InChI=1S/C12H12FN3O3S/c13-9-3-1-2-8(10(9)14)12-15-11(16-19-12)7-4-5-20(17,18)6-7/h1-3,7H,4-6,14H2. The summed E-state index contributed by atoms with van der Waals surface area (Å²) in [6.07, 6.45) is 0.472. The van der Waals surface area contributed by atoms with Gasteiger partial charge in [0, 0.05) is 5.92 Å². The zero-order chi connectivity index (χ0) is 14.3. The average Bonchev–Trinajstić information content (AvgIpc) is 2.99. The smallest absolute Gasteiger partial charge is 0.260 e. The predicted molar refractivity (Wildman–Crippen MR) is 70.1 cm³/mol. The van der Waals surface area contributed by atoms with Crippen molar-refractivity contribution in [1.29, 1.82) is 0 Å². The second kappa shape index (κ2) is 4.55. The van der Waals surface area contributed by atoms with Crippen molar-refractivity contribution in [2.45, 2.75) is 12.3 Å². The molecule has 3 rings (SSSR count). The summed E-state index contributed by atoms with van der Waals surface area (Å²) in [5, 5.41) is 3.78. The Balaban J connectivity index is 1.93. The zero-order valence-corrected chi connectivity index (χ0v) is 11.2. The monoisotopic (exact) mass is 297 g/mol. The first-order valence-corrected chi connectivity index (χ1v) is 7.87. The molecular formula is C12H12FN3O3S. The number of halogens is 1. The van der Waals surface area contributed by atoms with Crippen LogP contribution >= 0.6 is 0 Å². The third-order valence-electron chi connectivity index (χ3n) is 3.32. The van der Waals surface area contributed by atoms with Crippen LogP contribution in [0.15, 0.2) is 22.7 Å². The van der Waals surface area contributed by atoms with Gasteiger partial charge in [0.1, 0.15) is 5.82 Å².